The molecule has 1 aliphatic rings. The van der Waals surface area contributed by atoms with Crippen molar-refractivity contribution in [1.29, 1.82) is 0 Å². The van der Waals surface area contributed by atoms with E-state index in [2.05, 4.69) is 25.6 Å². The molecular weight excluding hydrogens is 318 g/mol. The summed E-state index contributed by atoms with van der Waals surface area (Å²) in [6, 6.07) is 2.25. The number of pyridine rings is 1. The Morgan fingerprint density at radius 2 is 2.28 bits per heavy atom. The second kappa shape index (κ2) is 7.02. The number of imidazole rings is 1. The highest BCUT2D eigenvalue weighted by molar-refractivity contribution is 5.77. The molecule has 0 aromatic carbocycles. The van der Waals surface area contributed by atoms with Gasteiger partial charge in [-0.2, -0.15) is 0 Å². The van der Waals surface area contributed by atoms with E-state index in [1.165, 1.54) is 6.42 Å². The predicted octanol–water partition coefficient (Wildman–Crippen LogP) is 1.77. The maximum atomic E-state index is 5.49. The summed E-state index contributed by atoms with van der Waals surface area (Å²) in [6.07, 6.45) is 9.23. The van der Waals surface area contributed by atoms with Crippen molar-refractivity contribution in [2.24, 2.45) is 0 Å². The average Bonchev–Trinajstić information content (AvgIpc) is 3.06. The third-order valence-corrected chi connectivity index (χ3v) is 4.22. The van der Waals surface area contributed by atoms with Gasteiger partial charge in [-0.05, 0) is 26.3 Å². The number of rotatable bonds is 5. The summed E-state index contributed by atoms with van der Waals surface area (Å²) in [5.74, 6) is 2.06. The fraction of sp³-hybridized carbons (Fsp3) is 0.412. The van der Waals surface area contributed by atoms with E-state index in [1.807, 2.05) is 17.6 Å². The van der Waals surface area contributed by atoms with E-state index in [4.69, 9.17) is 9.72 Å². The Bertz CT molecular complexity index is 857. The fourth-order valence-electron chi connectivity index (χ4n) is 3.03. The quantitative estimate of drug-likeness (QED) is 0.732. The van der Waals surface area contributed by atoms with Crippen LogP contribution in [0.4, 0.5) is 5.82 Å². The summed E-state index contributed by atoms with van der Waals surface area (Å²) in [5.41, 5.74) is 1.68. The van der Waals surface area contributed by atoms with Crippen LogP contribution in [0.3, 0.4) is 0 Å². The average molecular weight is 339 g/mol. The zero-order valence-electron chi connectivity index (χ0n) is 14.1. The molecule has 4 heterocycles. The Hall–Kier alpha value is -2.74. The van der Waals surface area contributed by atoms with Crippen molar-refractivity contribution in [2.45, 2.75) is 25.8 Å². The molecule has 0 radical (unpaired) electrons. The number of aromatic nitrogens is 5. The van der Waals surface area contributed by atoms with Gasteiger partial charge in [-0.15, -0.1) is 0 Å². The molecule has 0 amide bonds. The van der Waals surface area contributed by atoms with Crippen molar-refractivity contribution >= 4 is 16.9 Å². The lowest BCUT2D eigenvalue weighted by atomic mass is 10.1. The van der Waals surface area contributed by atoms with Crippen LogP contribution in [0.5, 0.6) is 5.88 Å². The summed E-state index contributed by atoms with van der Waals surface area (Å²) in [7, 11) is 0. The summed E-state index contributed by atoms with van der Waals surface area (Å²) >= 11 is 0. The molecule has 8 heteroatoms. The largest absolute Gasteiger partial charge is 0.478 e. The molecule has 2 N–H and O–H groups in total. The van der Waals surface area contributed by atoms with Crippen LogP contribution in [0.25, 0.3) is 16.9 Å². The molecule has 1 aliphatic heterocycles. The van der Waals surface area contributed by atoms with Crippen molar-refractivity contribution in [3.8, 4) is 11.7 Å². The number of anilines is 1. The number of hydrogen-bond donors (Lipinski definition) is 2. The van der Waals surface area contributed by atoms with E-state index in [0.717, 1.165) is 36.4 Å². The molecule has 25 heavy (non-hydrogen) atoms. The van der Waals surface area contributed by atoms with Crippen LogP contribution in [0.2, 0.25) is 0 Å². The Kier molecular flexibility index (Phi) is 4.43. The van der Waals surface area contributed by atoms with E-state index < -0.39 is 0 Å². The molecular formula is C17H21N7O. The second-order valence-corrected chi connectivity index (χ2v) is 6.01. The number of fused-ring (bicyclic) bond motifs is 1. The molecule has 3 aromatic heterocycles. The van der Waals surface area contributed by atoms with Crippen LogP contribution in [0, 0.1) is 0 Å². The van der Waals surface area contributed by atoms with Gasteiger partial charge in [0.05, 0.1) is 30.7 Å². The van der Waals surface area contributed by atoms with E-state index in [9.17, 15) is 0 Å². The van der Waals surface area contributed by atoms with Crippen LogP contribution < -0.4 is 15.4 Å². The van der Waals surface area contributed by atoms with Gasteiger partial charge in [0.1, 0.15) is 17.7 Å². The lowest BCUT2D eigenvalue weighted by Gasteiger charge is -2.24. The summed E-state index contributed by atoms with van der Waals surface area (Å²) in [6.45, 7) is 4.54. The zero-order chi connectivity index (χ0) is 17.1. The van der Waals surface area contributed by atoms with Crippen molar-refractivity contribution in [2.75, 3.05) is 25.0 Å². The van der Waals surface area contributed by atoms with Crippen molar-refractivity contribution in [3.63, 3.8) is 0 Å². The van der Waals surface area contributed by atoms with E-state index in [0.29, 0.717) is 24.3 Å². The van der Waals surface area contributed by atoms with Gasteiger partial charge < -0.3 is 15.4 Å². The molecule has 0 spiro atoms. The van der Waals surface area contributed by atoms with Crippen LogP contribution in [0.1, 0.15) is 19.8 Å². The Balaban J connectivity index is 1.63. The Labute approximate surface area is 145 Å². The smallest absolute Gasteiger partial charge is 0.215 e. The SMILES string of the molecule is CCOc1cc2c(cn1)ncn2-c1cncc(N[C@@H]2CCCNC2)n1. The second-order valence-electron chi connectivity index (χ2n) is 6.01. The molecule has 0 unspecified atom stereocenters. The lowest BCUT2D eigenvalue weighted by Crippen LogP contribution is -2.38. The first-order valence-electron chi connectivity index (χ1n) is 8.59. The minimum Gasteiger partial charge on any atom is -0.478 e. The van der Waals surface area contributed by atoms with Gasteiger partial charge in [0, 0.05) is 18.7 Å². The minimum absolute atomic E-state index is 0.381. The highest BCUT2D eigenvalue weighted by Gasteiger charge is 2.14. The Morgan fingerprint density at radius 3 is 3.12 bits per heavy atom. The fourth-order valence-corrected chi connectivity index (χ4v) is 3.03. The molecule has 1 saturated heterocycles. The monoisotopic (exact) mass is 339 g/mol. The van der Waals surface area contributed by atoms with Crippen LogP contribution in [-0.2, 0) is 0 Å². The highest BCUT2D eigenvalue weighted by atomic mass is 16.5. The zero-order valence-corrected chi connectivity index (χ0v) is 14.1. The van der Waals surface area contributed by atoms with Crippen LogP contribution >= 0.6 is 0 Å². The van der Waals surface area contributed by atoms with Gasteiger partial charge in [0.2, 0.25) is 5.88 Å². The van der Waals surface area contributed by atoms with Gasteiger partial charge in [-0.25, -0.2) is 15.0 Å². The first kappa shape index (κ1) is 15.8. The molecule has 0 aliphatic carbocycles. The van der Waals surface area contributed by atoms with Gasteiger partial charge in [-0.1, -0.05) is 0 Å². The summed E-state index contributed by atoms with van der Waals surface area (Å²) in [4.78, 5) is 17.7. The van der Waals surface area contributed by atoms with E-state index >= 15 is 0 Å². The van der Waals surface area contributed by atoms with Crippen molar-refractivity contribution in [1.82, 2.24) is 29.8 Å². The maximum Gasteiger partial charge on any atom is 0.215 e. The highest BCUT2D eigenvalue weighted by Crippen LogP contribution is 2.21. The molecule has 130 valence electrons. The molecule has 4 rings (SSSR count). The molecule has 3 aromatic rings. The third kappa shape index (κ3) is 3.39. The lowest BCUT2D eigenvalue weighted by molar-refractivity contribution is 0.327. The number of ether oxygens (including phenoxy) is 1. The molecule has 1 atom stereocenters. The molecule has 0 bridgehead atoms. The van der Waals surface area contributed by atoms with Crippen LogP contribution in [-0.4, -0.2) is 50.2 Å². The van der Waals surface area contributed by atoms with Crippen LogP contribution in [0.15, 0.2) is 31.0 Å². The first-order chi connectivity index (χ1) is 12.3. The Morgan fingerprint density at radius 1 is 1.32 bits per heavy atom. The maximum absolute atomic E-state index is 5.49. The number of nitrogens with one attached hydrogen (secondary N) is 2. The van der Waals surface area contributed by atoms with Gasteiger partial charge in [0.25, 0.3) is 0 Å². The number of piperidine rings is 1. The van der Waals surface area contributed by atoms with Gasteiger partial charge in [-0.3, -0.25) is 9.55 Å². The molecule has 8 nitrogen and oxygen atoms in total. The summed E-state index contributed by atoms with van der Waals surface area (Å²) < 4.78 is 7.39. The standard InChI is InChI=1S/C17H21N7O/c1-2-25-17-6-14-13(8-20-17)21-11-24(14)16-10-19-9-15(23-16)22-12-4-3-5-18-7-12/h6,8-12,18H,2-5,7H2,1H3,(H,22,23)/t12-/m1/s1. The number of hydrogen-bond acceptors (Lipinski definition) is 7. The van der Waals surface area contributed by atoms with E-state index in [-0.39, 0.29) is 0 Å². The first-order valence-corrected chi connectivity index (χ1v) is 8.59. The summed E-state index contributed by atoms with van der Waals surface area (Å²) in [5, 5.41) is 6.85. The topological polar surface area (TPSA) is 89.8 Å². The number of nitrogens with zero attached hydrogens (tertiary/aromatic N) is 5. The van der Waals surface area contributed by atoms with Gasteiger partial charge in [0.15, 0.2) is 5.82 Å². The molecule has 0 saturated carbocycles. The van der Waals surface area contributed by atoms with Crippen molar-refractivity contribution < 1.29 is 4.74 Å². The minimum atomic E-state index is 0.381. The van der Waals surface area contributed by atoms with Crippen molar-refractivity contribution in [3.05, 3.63) is 31.0 Å². The predicted molar refractivity (Wildman–Crippen MR) is 95.1 cm³/mol. The third-order valence-electron chi connectivity index (χ3n) is 4.22. The normalized spacial score (nSPS) is 17.6. The van der Waals surface area contributed by atoms with Gasteiger partial charge >= 0.3 is 0 Å². The van der Waals surface area contributed by atoms with E-state index in [1.54, 1.807) is 24.9 Å². The molecule has 1 fully saturated rings.